The molecule has 0 atom stereocenters. The van der Waals surface area contributed by atoms with Crippen molar-refractivity contribution in [3.05, 3.63) is 194 Å². The molecule has 246 valence electrons. The van der Waals surface area contributed by atoms with Gasteiger partial charge in [-0.05, 0) is 130 Å². The van der Waals surface area contributed by atoms with Gasteiger partial charge >= 0.3 is 0 Å². The highest BCUT2D eigenvalue weighted by molar-refractivity contribution is 6.20. The van der Waals surface area contributed by atoms with E-state index in [1.54, 1.807) is 12.1 Å². The molecule has 1 aliphatic heterocycles. The minimum Gasteiger partial charge on any atom is -0.456 e. The molecule has 0 aromatic heterocycles. The van der Waals surface area contributed by atoms with Crippen LogP contribution in [-0.4, -0.2) is 0 Å². The fourth-order valence-corrected chi connectivity index (χ4v) is 8.03. The van der Waals surface area contributed by atoms with Crippen LogP contribution in [0.5, 0.6) is 11.5 Å². The molecule has 0 radical (unpaired) electrons. The number of benzene rings is 10. The molecule has 10 aromatic carbocycles. The van der Waals surface area contributed by atoms with E-state index < -0.39 is 36.3 Å². The molecule has 1 heterocycles. The van der Waals surface area contributed by atoms with Gasteiger partial charge in [0.05, 0.1) is 13.7 Å². The van der Waals surface area contributed by atoms with Crippen molar-refractivity contribution in [2.45, 2.75) is 0 Å². The average Bonchev–Trinajstić information content (AvgIpc) is 3.30. The van der Waals surface area contributed by atoms with Gasteiger partial charge in [-0.15, -0.1) is 0 Å². The zero-order chi connectivity index (χ0) is 43.6. The minimum atomic E-state index is -0.457. The first-order valence-corrected chi connectivity index (χ1v) is 17.4. The van der Waals surface area contributed by atoms with Gasteiger partial charge in [0.25, 0.3) is 0 Å². The molecule has 0 amide bonds. The summed E-state index contributed by atoms with van der Waals surface area (Å²) in [4.78, 5) is 0. The van der Waals surface area contributed by atoms with E-state index in [4.69, 9.17) is 18.4 Å². The lowest BCUT2D eigenvalue weighted by molar-refractivity contribution is 0.487. The van der Waals surface area contributed by atoms with Crippen LogP contribution in [0.3, 0.4) is 0 Å². The summed E-state index contributed by atoms with van der Waals surface area (Å²) < 4.78 is 91.9. The van der Waals surface area contributed by atoms with Gasteiger partial charge in [0.1, 0.15) is 11.5 Å². The highest BCUT2D eigenvalue weighted by Gasteiger charge is 2.23. The van der Waals surface area contributed by atoms with Crippen molar-refractivity contribution in [2.75, 3.05) is 0 Å². The molecule has 1 heteroatoms. The van der Waals surface area contributed by atoms with E-state index in [9.17, 15) is 0 Å². The normalized spacial score (nSPS) is 14.6. The number of fused-ring (bicyclic) bond motifs is 6. The Kier molecular flexibility index (Phi) is 4.77. The van der Waals surface area contributed by atoms with E-state index in [2.05, 4.69) is 48.5 Å². The third kappa shape index (κ3) is 4.79. The molecule has 0 saturated carbocycles. The largest absolute Gasteiger partial charge is 0.456 e. The zero-order valence-corrected chi connectivity index (χ0v) is 28.1. The monoisotopic (exact) mass is 682 g/mol. The highest BCUT2D eigenvalue weighted by Crippen LogP contribution is 2.50. The molecule has 0 spiro atoms. The van der Waals surface area contributed by atoms with Crippen molar-refractivity contribution in [3.8, 4) is 67.1 Å². The Balaban J connectivity index is 1.17. The highest BCUT2D eigenvalue weighted by atomic mass is 16.5. The van der Waals surface area contributed by atoms with E-state index in [0.717, 1.165) is 76.5 Å². The predicted molar refractivity (Wildman–Crippen MR) is 224 cm³/mol. The molecule has 0 bridgehead atoms. The van der Waals surface area contributed by atoms with Crippen LogP contribution in [0.1, 0.15) is 13.7 Å². The van der Waals surface area contributed by atoms with Crippen molar-refractivity contribution in [1.82, 2.24) is 0 Å². The smallest absolute Gasteiger partial charge is 0.135 e. The van der Waals surface area contributed by atoms with Gasteiger partial charge in [0.2, 0.25) is 0 Å². The summed E-state index contributed by atoms with van der Waals surface area (Å²) in [5.41, 5.74) is 6.13. The third-order valence-electron chi connectivity index (χ3n) is 10.4. The first-order chi connectivity index (χ1) is 30.4. The van der Waals surface area contributed by atoms with Gasteiger partial charge in [0, 0.05) is 10.9 Å². The standard InChI is InChI=1S/C52H32O/c1-3-12-33(13-4-1)36-23-24-44-46-21-11-20-45-42(26-27-49(52(45)46)53-50(44)32-36)39-28-38(34-14-5-2-6-15-34)29-40(30-39)51-43-19-10-8-17-37(43)31-48-41-18-9-7-16-35(41)22-25-47(48)51/h1-32H/i1D,2D,3D,4D,5D,6D,12D,13D,14D,15D. The van der Waals surface area contributed by atoms with Crippen molar-refractivity contribution in [2.24, 2.45) is 0 Å². The summed E-state index contributed by atoms with van der Waals surface area (Å²) in [6, 6.07) is 40.3. The average molecular weight is 683 g/mol. The van der Waals surface area contributed by atoms with Gasteiger partial charge in [0.15, 0.2) is 0 Å². The van der Waals surface area contributed by atoms with Gasteiger partial charge in [-0.1, -0.05) is 151 Å². The Morgan fingerprint density at radius 2 is 1.02 bits per heavy atom. The van der Waals surface area contributed by atoms with Crippen molar-refractivity contribution >= 4 is 43.1 Å². The van der Waals surface area contributed by atoms with E-state index in [1.807, 2.05) is 72.8 Å². The maximum Gasteiger partial charge on any atom is 0.135 e. The van der Waals surface area contributed by atoms with Gasteiger partial charge < -0.3 is 4.74 Å². The molecule has 1 nitrogen and oxygen atoms in total. The molecule has 0 saturated heterocycles. The van der Waals surface area contributed by atoms with Crippen molar-refractivity contribution in [1.29, 1.82) is 0 Å². The van der Waals surface area contributed by atoms with E-state index in [1.165, 1.54) is 0 Å². The Bertz CT molecular complexity index is 3610. The van der Waals surface area contributed by atoms with Crippen molar-refractivity contribution in [3.63, 3.8) is 0 Å². The molecule has 11 rings (SSSR count). The molecular formula is C52H32O. The maximum atomic E-state index is 9.05. The minimum absolute atomic E-state index is 0.0914. The molecule has 53 heavy (non-hydrogen) atoms. The lowest BCUT2D eigenvalue weighted by Gasteiger charge is -2.23. The number of hydrogen-bond acceptors (Lipinski definition) is 1. The van der Waals surface area contributed by atoms with Crippen LogP contribution in [0.4, 0.5) is 0 Å². The number of ether oxygens (including phenoxy) is 1. The molecule has 0 fully saturated rings. The molecule has 10 aromatic rings. The van der Waals surface area contributed by atoms with E-state index >= 15 is 0 Å². The Morgan fingerprint density at radius 1 is 0.340 bits per heavy atom. The molecular weight excluding hydrogens is 641 g/mol. The summed E-state index contributed by atoms with van der Waals surface area (Å²) in [6.45, 7) is 0. The van der Waals surface area contributed by atoms with Gasteiger partial charge in [-0.2, -0.15) is 0 Å². The summed E-state index contributed by atoms with van der Waals surface area (Å²) in [5, 5.41) is 8.06. The molecule has 0 N–H and O–H groups in total. The van der Waals surface area contributed by atoms with Crippen LogP contribution in [0.25, 0.3) is 98.7 Å². The van der Waals surface area contributed by atoms with Crippen LogP contribution >= 0.6 is 0 Å². The van der Waals surface area contributed by atoms with Gasteiger partial charge in [-0.25, -0.2) is 0 Å². The molecule has 0 unspecified atom stereocenters. The Morgan fingerprint density at radius 3 is 1.85 bits per heavy atom. The maximum absolute atomic E-state index is 9.05. The lowest BCUT2D eigenvalue weighted by Crippen LogP contribution is -1.98. The summed E-state index contributed by atoms with van der Waals surface area (Å²) >= 11 is 0. The molecule has 0 aliphatic carbocycles. The fraction of sp³-hybridized carbons (Fsp3) is 0. The summed E-state index contributed by atoms with van der Waals surface area (Å²) in [6.07, 6.45) is 0. The van der Waals surface area contributed by atoms with Gasteiger partial charge in [-0.3, -0.25) is 0 Å². The number of hydrogen-bond donors (Lipinski definition) is 0. The van der Waals surface area contributed by atoms with E-state index in [0.29, 0.717) is 22.6 Å². The first-order valence-electron chi connectivity index (χ1n) is 22.4. The topological polar surface area (TPSA) is 9.23 Å². The summed E-state index contributed by atoms with van der Waals surface area (Å²) in [7, 11) is 0. The number of rotatable bonds is 4. The second-order valence-corrected chi connectivity index (χ2v) is 13.3. The van der Waals surface area contributed by atoms with Crippen LogP contribution in [0, 0.1) is 0 Å². The quantitative estimate of drug-likeness (QED) is 0.133. The second kappa shape index (κ2) is 11.8. The first kappa shape index (κ1) is 21.4. The van der Waals surface area contributed by atoms with Crippen LogP contribution in [-0.2, 0) is 0 Å². The van der Waals surface area contributed by atoms with Crippen LogP contribution < -0.4 is 4.74 Å². The predicted octanol–water partition coefficient (Wildman–Crippen LogP) is 14.7. The Labute approximate surface area is 322 Å². The zero-order valence-electron chi connectivity index (χ0n) is 38.1. The SMILES string of the molecule is [2H]c1c([2H])c([2H])c(-c2cc(-c3ccc4c5c(cccc35)-c3ccc(-c5c([2H])c([2H])c([2H])c([2H])c5[2H])cc3O4)cc(-c3c4ccccc4cc4c3ccc3ccccc34)c2)c([2H])c1[2H]. The van der Waals surface area contributed by atoms with Crippen LogP contribution in [0.2, 0.25) is 0 Å². The van der Waals surface area contributed by atoms with Crippen molar-refractivity contribution < 1.29 is 18.4 Å². The second-order valence-electron chi connectivity index (χ2n) is 13.3. The fourth-order valence-electron chi connectivity index (χ4n) is 8.03. The summed E-state index contributed by atoms with van der Waals surface area (Å²) in [5.74, 6) is 1.05. The Hall–Kier alpha value is -6.96. The molecule has 1 aliphatic rings. The lowest BCUT2D eigenvalue weighted by atomic mass is 9.85. The third-order valence-corrected chi connectivity index (χ3v) is 10.4. The van der Waals surface area contributed by atoms with E-state index in [-0.39, 0.29) is 35.3 Å². The van der Waals surface area contributed by atoms with Crippen LogP contribution in [0.15, 0.2) is 194 Å².